The third-order valence-corrected chi connectivity index (χ3v) is 5.73. The van der Waals surface area contributed by atoms with E-state index in [0.29, 0.717) is 23.8 Å². The van der Waals surface area contributed by atoms with Crippen molar-refractivity contribution in [2.45, 2.75) is 11.8 Å². The molecule has 128 valence electrons. The van der Waals surface area contributed by atoms with Crippen LogP contribution in [0.15, 0.2) is 41.3 Å². The molecule has 0 amide bonds. The third kappa shape index (κ3) is 2.75. The highest BCUT2D eigenvalue weighted by atomic mass is 32.2. The average Bonchev–Trinajstić information content (AvgIpc) is 2.60. The van der Waals surface area contributed by atoms with Gasteiger partial charge in [0.05, 0.1) is 26.5 Å². The molecule has 0 saturated heterocycles. The summed E-state index contributed by atoms with van der Waals surface area (Å²) in [7, 11) is -0.834. The molecule has 0 N–H and O–H groups in total. The van der Waals surface area contributed by atoms with Crippen LogP contribution in [0.1, 0.15) is 5.56 Å². The molecule has 6 nitrogen and oxygen atoms in total. The van der Waals surface area contributed by atoms with Gasteiger partial charge in [0.15, 0.2) is 0 Å². The van der Waals surface area contributed by atoms with E-state index in [1.54, 1.807) is 18.2 Å². The number of nitrogens with zero attached hydrogens (tertiary/aromatic N) is 1. The van der Waals surface area contributed by atoms with Gasteiger partial charge >= 0.3 is 0 Å². The van der Waals surface area contributed by atoms with Crippen LogP contribution in [-0.2, 0) is 10.0 Å². The molecule has 3 rings (SSSR count). The molecule has 0 bridgehead atoms. The number of hydrogen-bond acceptors (Lipinski definition) is 5. The van der Waals surface area contributed by atoms with Crippen molar-refractivity contribution in [2.24, 2.45) is 0 Å². The fourth-order valence-corrected chi connectivity index (χ4v) is 4.25. The molecule has 1 aliphatic rings. The van der Waals surface area contributed by atoms with E-state index in [2.05, 4.69) is 0 Å². The molecule has 0 fully saturated rings. The van der Waals surface area contributed by atoms with E-state index in [1.807, 2.05) is 19.1 Å². The molecular formula is C17H19NO5S. The maximum absolute atomic E-state index is 13.2. The average molecular weight is 349 g/mol. The number of benzene rings is 2. The lowest BCUT2D eigenvalue weighted by molar-refractivity contribution is 0.315. The highest BCUT2D eigenvalue weighted by Crippen LogP contribution is 2.38. The number of fused-ring (bicyclic) bond motifs is 1. The predicted molar refractivity (Wildman–Crippen MR) is 90.8 cm³/mol. The van der Waals surface area contributed by atoms with Gasteiger partial charge in [0.2, 0.25) is 0 Å². The summed E-state index contributed by atoms with van der Waals surface area (Å²) in [6.07, 6.45) is 0. The van der Waals surface area contributed by atoms with Gasteiger partial charge < -0.3 is 14.2 Å². The third-order valence-electron chi connectivity index (χ3n) is 3.87. The summed E-state index contributed by atoms with van der Waals surface area (Å²) in [4.78, 5) is 0.0974. The van der Waals surface area contributed by atoms with Crippen LogP contribution in [-0.4, -0.2) is 35.8 Å². The second kappa shape index (κ2) is 6.24. The lowest BCUT2D eigenvalue weighted by Crippen LogP contribution is -2.38. The van der Waals surface area contributed by atoms with E-state index in [0.717, 1.165) is 5.56 Å². The molecule has 0 radical (unpaired) electrons. The Morgan fingerprint density at radius 3 is 2.58 bits per heavy atom. The van der Waals surface area contributed by atoms with Crippen LogP contribution in [0.4, 0.5) is 5.69 Å². The molecule has 2 aromatic rings. The van der Waals surface area contributed by atoms with E-state index in [1.165, 1.54) is 24.6 Å². The molecular weight excluding hydrogens is 330 g/mol. The van der Waals surface area contributed by atoms with Gasteiger partial charge in [-0.05, 0) is 36.8 Å². The lowest BCUT2D eigenvalue weighted by atomic mass is 10.2. The largest absolute Gasteiger partial charge is 0.497 e. The van der Waals surface area contributed by atoms with Crippen LogP contribution in [0.3, 0.4) is 0 Å². The zero-order valence-corrected chi connectivity index (χ0v) is 14.6. The smallest absolute Gasteiger partial charge is 0.268 e. The summed E-state index contributed by atoms with van der Waals surface area (Å²) >= 11 is 0. The number of sulfonamides is 1. The molecule has 24 heavy (non-hydrogen) atoms. The molecule has 0 atom stereocenters. The van der Waals surface area contributed by atoms with Gasteiger partial charge in [-0.3, -0.25) is 4.31 Å². The van der Waals surface area contributed by atoms with E-state index in [9.17, 15) is 8.42 Å². The van der Waals surface area contributed by atoms with Crippen molar-refractivity contribution < 1.29 is 22.6 Å². The normalized spacial score (nSPS) is 13.9. The number of aryl methyl sites for hydroxylation is 1. The van der Waals surface area contributed by atoms with Crippen molar-refractivity contribution in [3.05, 3.63) is 42.0 Å². The van der Waals surface area contributed by atoms with Crippen molar-refractivity contribution in [3.63, 3.8) is 0 Å². The summed E-state index contributed by atoms with van der Waals surface area (Å²) in [5.74, 6) is 1.34. The topological polar surface area (TPSA) is 65.1 Å². The Balaban J connectivity index is 2.12. The standard InChI is InChI=1S/C17H19NO5S/c1-12-4-6-15-14(10-12)18(8-9-23-15)24(19,20)17-7-5-13(21-2)11-16(17)22-3/h4-7,10-11H,8-9H2,1-3H3. The maximum atomic E-state index is 13.2. The number of hydrogen-bond donors (Lipinski definition) is 0. The van der Waals surface area contributed by atoms with Crippen molar-refractivity contribution in [2.75, 3.05) is 31.7 Å². The van der Waals surface area contributed by atoms with E-state index in [-0.39, 0.29) is 17.2 Å². The molecule has 1 heterocycles. The van der Waals surface area contributed by atoms with E-state index >= 15 is 0 Å². The van der Waals surface area contributed by atoms with Gasteiger partial charge in [0.25, 0.3) is 10.0 Å². The Labute approximate surface area is 141 Å². The first-order chi connectivity index (χ1) is 11.5. The summed E-state index contributed by atoms with van der Waals surface area (Å²) in [6.45, 7) is 2.45. The van der Waals surface area contributed by atoms with Gasteiger partial charge in [0.1, 0.15) is 28.8 Å². The van der Waals surface area contributed by atoms with Crippen LogP contribution in [0, 0.1) is 6.92 Å². The van der Waals surface area contributed by atoms with Crippen molar-refractivity contribution >= 4 is 15.7 Å². The molecule has 2 aromatic carbocycles. The molecule has 0 unspecified atom stereocenters. The SMILES string of the molecule is COc1ccc(S(=O)(=O)N2CCOc3ccc(C)cc32)c(OC)c1. The highest BCUT2D eigenvalue weighted by molar-refractivity contribution is 7.93. The van der Waals surface area contributed by atoms with Gasteiger partial charge in [0, 0.05) is 6.07 Å². The fourth-order valence-electron chi connectivity index (χ4n) is 2.66. The monoisotopic (exact) mass is 349 g/mol. The van der Waals surface area contributed by atoms with Gasteiger partial charge in [-0.15, -0.1) is 0 Å². The Bertz CT molecular complexity index is 863. The van der Waals surface area contributed by atoms with Crippen LogP contribution >= 0.6 is 0 Å². The quantitative estimate of drug-likeness (QED) is 0.849. The van der Waals surface area contributed by atoms with Crippen LogP contribution in [0.2, 0.25) is 0 Å². The number of rotatable bonds is 4. The Hall–Kier alpha value is -2.41. The lowest BCUT2D eigenvalue weighted by Gasteiger charge is -2.31. The fraction of sp³-hybridized carbons (Fsp3) is 0.294. The van der Waals surface area contributed by atoms with Gasteiger partial charge in [-0.2, -0.15) is 0 Å². The second-order valence-corrected chi connectivity index (χ2v) is 7.24. The van der Waals surface area contributed by atoms with Gasteiger partial charge in [-0.25, -0.2) is 8.42 Å². The Kier molecular flexibility index (Phi) is 4.28. The zero-order chi connectivity index (χ0) is 17.3. The number of methoxy groups -OCH3 is 2. The highest BCUT2D eigenvalue weighted by Gasteiger charge is 2.32. The summed E-state index contributed by atoms with van der Waals surface area (Å²) in [5.41, 5.74) is 1.50. The maximum Gasteiger partial charge on any atom is 0.268 e. The minimum atomic E-state index is -3.79. The van der Waals surface area contributed by atoms with Crippen LogP contribution in [0.5, 0.6) is 17.2 Å². The minimum absolute atomic E-state index is 0.0974. The van der Waals surface area contributed by atoms with Crippen molar-refractivity contribution in [3.8, 4) is 17.2 Å². The summed E-state index contributed by atoms with van der Waals surface area (Å²) in [6, 6.07) is 10.2. The predicted octanol–water partition coefficient (Wildman–Crippen LogP) is 2.60. The number of anilines is 1. The molecule has 7 heteroatoms. The van der Waals surface area contributed by atoms with E-state index in [4.69, 9.17) is 14.2 Å². The van der Waals surface area contributed by atoms with Crippen LogP contribution in [0.25, 0.3) is 0 Å². The molecule has 0 saturated carbocycles. The first kappa shape index (κ1) is 16.4. The van der Waals surface area contributed by atoms with Crippen LogP contribution < -0.4 is 18.5 Å². The second-order valence-electron chi connectivity index (χ2n) is 5.41. The first-order valence-corrected chi connectivity index (χ1v) is 8.89. The molecule has 1 aliphatic heterocycles. The Morgan fingerprint density at radius 1 is 1.08 bits per heavy atom. The molecule has 0 spiro atoms. The van der Waals surface area contributed by atoms with Gasteiger partial charge in [-0.1, -0.05) is 6.07 Å². The zero-order valence-electron chi connectivity index (χ0n) is 13.8. The first-order valence-electron chi connectivity index (χ1n) is 7.45. The van der Waals surface area contributed by atoms with E-state index < -0.39 is 10.0 Å². The number of ether oxygens (including phenoxy) is 3. The summed E-state index contributed by atoms with van der Waals surface area (Å²) in [5, 5.41) is 0. The Morgan fingerprint density at radius 2 is 1.88 bits per heavy atom. The van der Waals surface area contributed by atoms with Crippen molar-refractivity contribution in [1.82, 2.24) is 0 Å². The molecule has 0 aliphatic carbocycles. The minimum Gasteiger partial charge on any atom is -0.497 e. The van der Waals surface area contributed by atoms with Crippen molar-refractivity contribution in [1.29, 1.82) is 0 Å². The molecule has 0 aromatic heterocycles. The summed E-state index contributed by atoms with van der Waals surface area (Å²) < 4.78 is 43.7.